The summed E-state index contributed by atoms with van der Waals surface area (Å²) in [5.74, 6) is -0.339. The second-order valence-corrected chi connectivity index (χ2v) is 5.63. The summed E-state index contributed by atoms with van der Waals surface area (Å²) in [5, 5.41) is 10.4. The van der Waals surface area contributed by atoms with Gasteiger partial charge in [-0.2, -0.15) is 0 Å². The molecule has 2 atom stereocenters. The van der Waals surface area contributed by atoms with Crippen molar-refractivity contribution in [2.45, 2.75) is 18.8 Å². The van der Waals surface area contributed by atoms with Crippen molar-refractivity contribution >= 4 is 0 Å². The van der Waals surface area contributed by atoms with Crippen molar-refractivity contribution in [1.82, 2.24) is 4.90 Å². The molecule has 116 valence electrons. The van der Waals surface area contributed by atoms with E-state index in [9.17, 15) is 9.50 Å². The summed E-state index contributed by atoms with van der Waals surface area (Å²) in [6.45, 7) is 2.87. The van der Waals surface area contributed by atoms with E-state index >= 15 is 0 Å². The normalized spacial score (nSPS) is 20.7. The molecule has 22 heavy (non-hydrogen) atoms. The van der Waals surface area contributed by atoms with E-state index in [1.54, 1.807) is 12.1 Å². The van der Waals surface area contributed by atoms with Crippen molar-refractivity contribution in [1.29, 1.82) is 0 Å². The summed E-state index contributed by atoms with van der Waals surface area (Å²) in [4.78, 5) is 2.26. The largest absolute Gasteiger partial charge is 0.386 e. The first-order valence-corrected chi connectivity index (χ1v) is 7.54. The maximum Gasteiger partial charge on any atom is 0.123 e. The van der Waals surface area contributed by atoms with Gasteiger partial charge in [-0.3, -0.25) is 4.90 Å². The molecule has 1 N–H and O–H groups in total. The third kappa shape index (κ3) is 3.71. The van der Waals surface area contributed by atoms with Gasteiger partial charge >= 0.3 is 0 Å². The molecule has 1 aliphatic heterocycles. The Hall–Kier alpha value is -1.75. The van der Waals surface area contributed by atoms with Crippen molar-refractivity contribution in [3.8, 4) is 0 Å². The molecule has 2 unspecified atom stereocenters. The average molecular weight is 301 g/mol. The number of aliphatic hydroxyl groups excluding tert-OH is 1. The van der Waals surface area contributed by atoms with Crippen LogP contribution in [0.15, 0.2) is 54.6 Å². The predicted molar refractivity (Wildman–Crippen MR) is 82.8 cm³/mol. The Kier molecular flexibility index (Phi) is 4.83. The minimum atomic E-state index is -0.811. The van der Waals surface area contributed by atoms with Gasteiger partial charge in [0.25, 0.3) is 0 Å². The first-order valence-electron chi connectivity index (χ1n) is 7.54. The van der Waals surface area contributed by atoms with Crippen LogP contribution in [0.1, 0.15) is 17.2 Å². The van der Waals surface area contributed by atoms with Gasteiger partial charge in [-0.05, 0) is 23.3 Å². The molecule has 2 aromatic carbocycles. The summed E-state index contributed by atoms with van der Waals surface area (Å²) in [6.07, 6.45) is -1.14. The first kappa shape index (κ1) is 15.2. The van der Waals surface area contributed by atoms with Crippen LogP contribution in [0, 0.1) is 5.82 Å². The molecule has 1 fully saturated rings. The lowest BCUT2D eigenvalue weighted by Gasteiger charge is -2.35. The zero-order valence-corrected chi connectivity index (χ0v) is 12.4. The van der Waals surface area contributed by atoms with E-state index in [1.807, 2.05) is 18.2 Å². The Morgan fingerprint density at radius 3 is 2.77 bits per heavy atom. The first-order chi connectivity index (χ1) is 10.7. The van der Waals surface area contributed by atoms with Crippen molar-refractivity contribution < 1.29 is 14.2 Å². The SMILES string of the molecule is OC(c1cccc(F)c1)C1CN(Cc2ccccc2)CCO1. The number of benzene rings is 2. The van der Waals surface area contributed by atoms with Gasteiger partial charge in [0.1, 0.15) is 18.0 Å². The van der Waals surface area contributed by atoms with E-state index in [4.69, 9.17) is 4.74 Å². The second-order valence-electron chi connectivity index (χ2n) is 5.63. The lowest BCUT2D eigenvalue weighted by molar-refractivity contribution is -0.0919. The molecule has 1 heterocycles. The van der Waals surface area contributed by atoms with Gasteiger partial charge < -0.3 is 9.84 Å². The number of hydrogen-bond acceptors (Lipinski definition) is 3. The van der Waals surface area contributed by atoms with Gasteiger partial charge in [0.15, 0.2) is 0 Å². The molecular weight excluding hydrogens is 281 g/mol. The Morgan fingerprint density at radius 1 is 1.18 bits per heavy atom. The van der Waals surface area contributed by atoms with Crippen molar-refractivity contribution in [3.05, 3.63) is 71.5 Å². The fraction of sp³-hybridized carbons (Fsp3) is 0.333. The zero-order valence-electron chi connectivity index (χ0n) is 12.4. The van der Waals surface area contributed by atoms with Crippen LogP contribution in [-0.2, 0) is 11.3 Å². The van der Waals surface area contributed by atoms with Crippen LogP contribution >= 0.6 is 0 Å². The Balaban J connectivity index is 1.65. The summed E-state index contributed by atoms with van der Waals surface area (Å²) in [6, 6.07) is 16.3. The molecule has 1 aliphatic rings. The molecule has 3 rings (SSSR count). The van der Waals surface area contributed by atoms with Crippen LogP contribution in [0.3, 0.4) is 0 Å². The van der Waals surface area contributed by atoms with Gasteiger partial charge in [0.05, 0.1) is 6.61 Å². The molecule has 0 aliphatic carbocycles. The van der Waals surface area contributed by atoms with Gasteiger partial charge in [-0.15, -0.1) is 0 Å². The highest BCUT2D eigenvalue weighted by Gasteiger charge is 2.28. The quantitative estimate of drug-likeness (QED) is 0.942. The molecule has 0 amide bonds. The highest BCUT2D eigenvalue weighted by molar-refractivity contribution is 5.20. The third-order valence-corrected chi connectivity index (χ3v) is 3.97. The standard InChI is InChI=1S/C18H20FNO2/c19-16-8-4-7-15(11-16)18(21)17-13-20(9-10-22-17)12-14-5-2-1-3-6-14/h1-8,11,17-18,21H,9-10,12-13H2. The number of aliphatic hydroxyl groups is 1. The molecule has 0 radical (unpaired) electrons. The molecule has 4 heteroatoms. The molecular formula is C18H20FNO2. The molecule has 0 bridgehead atoms. The van der Waals surface area contributed by atoms with Crippen LogP contribution < -0.4 is 0 Å². The Bertz CT molecular complexity index is 605. The Morgan fingerprint density at radius 2 is 2.00 bits per heavy atom. The van der Waals surface area contributed by atoms with E-state index in [0.717, 1.165) is 13.1 Å². The minimum Gasteiger partial charge on any atom is -0.386 e. The number of ether oxygens (including phenoxy) is 1. The summed E-state index contributed by atoms with van der Waals surface area (Å²) in [7, 11) is 0. The van der Waals surface area contributed by atoms with E-state index in [2.05, 4.69) is 17.0 Å². The number of halogens is 1. The Labute approximate surface area is 130 Å². The second kappa shape index (κ2) is 7.01. The highest BCUT2D eigenvalue weighted by atomic mass is 19.1. The lowest BCUT2D eigenvalue weighted by atomic mass is 10.0. The third-order valence-electron chi connectivity index (χ3n) is 3.97. The number of nitrogens with zero attached hydrogens (tertiary/aromatic N) is 1. The zero-order chi connectivity index (χ0) is 15.4. The van der Waals surface area contributed by atoms with Gasteiger partial charge in [-0.1, -0.05) is 42.5 Å². The van der Waals surface area contributed by atoms with Crippen molar-refractivity contribution in [2.24, 2.45) is 0 Å². The molecule has 2 aromatic rings. The number of rotatable bonds is 4. The van der Waals surface area contributed by atoms with Crippen LogP contribution in [0.25, 0.3) is 0 Å². The van der Waals surface area contributed by atoms with E-state index in [0.29, 0.717) is 18.7 Å². The lowest BCUT2D eigenvalue weighted by Crippen LogP contribution is -2.44. The predicted octanol–water partition coefficient (Wildman–Crippen LogP) is 2.76. The van der Waals surface area contributed by atoms with Gasteiger partial charge in [-0.25, -0.2) is 4.39 Å². The molecule has 0 aromatic heterocycles. The van der Waals surface area contributed by atoms with Crippen LogP contribution in [0.2, 0.25) is 0 Å². The number of morpholine rings is 1. The van der Waals surface area contributed by atoms with Gasteiger partial charge in [0.2, 0.25) is 0 Å². The van der Waals surface area contributed by atoms with Crippen LogP contribution in [0.4, 0.5) is 4.39 Å². The molecule has 1 saturated heterocycles. The van der Waals surface area contributed by atoms with Crippen LogP contribution in [0.5, 0.6) is 0 Å². The monoisotopic (exact) mass is 301 g/mol. The minimum absolute atomic E-state index is 0.334. The maximum atomic E-state index is 13.3. The smallest absolute Gasteiger partial charge is 0.123 e. The van der Waals surface area contributed by atoms with E-state index in [1.165, 1.54) is 17.7 Å². The molecule has 0 spiro atoms. The van der Waals surface area contributed by atoms with Crippen LogP contribution in [-0.4, -0.2) is 35.8 Å². The fourth-order valence-electron chi connectivity index (χ4n) is 2.81. The molecule has 3 nitrogen and oxygen atoms in total. The fourth-order valence-corrected chi connectivity index (χ4v) is 2.81. The maximum absolute atomic E-state index is 13.3. The summed E-state index contributed by atoms with van der Waals surface area (Å²) >= 11 is 0. The molecule has 0 saturated carbocycles. The topological polar surface area (TPSA) is 32.7 Å². The number of hydrogen-bond donors (Lipinski definition) is 1. The van der Waals surface area contributed by atoms with Gasteiger partial charge in [0, 0.05) is 19.6 Å². The summed E-state index contributed by atoms with van der Waals surface area (Å²) in [5.41, 5.74) is 1.80. The van der Waals surface area contributed by atoms with Crippen molar-refractivity contribution in [3.63, 3.8) is 0 Å². The highest BCUT2D eigenvalue weighted by Crippen LogP contribution is 2.23. The van der Waals surface area contributed by atoms with Crippen molar-refractivity contribution in [2.75, 3.05) is 19.7 Å². The van der Waals surface area contributed by atoms with E-state index < -0.39 is 6.10 Å². The van der Waals surface area contributed by atoms with E-state index in [-0.39, 0.29) is 11.9 Å². The summed E-state index contributed by atoms with van der Waals surface area (Å²) < 4.78 is 19.0. The average Bonchev–Trinajstić information content (AvgIpc) is 2.55.